The molecule has 0 N–H and O–H groups in total. The van der Waals surface area contributed by atoms with E-state index in [2.05, 4.69) is 6.58 Å². The van der Waals surface area contributed by atoms with Crippen LogP contribution < -0.4 is 0 Å². The second kappa shape index (κ2) is 8.34. The first-order chi connectivity index (χ1) is 8.65. The third kappa shape index (κ3) is 5.24. The predicted octanol–water partition coefficient (Wildman–Crippen LogP) is 5.24. The number of Topliss-reactive ketones (excluding diaryl/α,β-unsaturated/α-hetero) is 1. The van der Waals surface area contributed by atoms with E-state index in [0.29, 0.717) is 22.9 Å². The first-order valence-corrected chi connectivity index (χ1v) is 6.96. The van der Waals surface area contributed by atoms with Crippen LogP contribution in [0.2, 0.25) is 10.0 Å². The van der Waals surface area contributed by atoms with E-state index in [9.17, 15) is 4.79 Å². The first kappa shape index (κ1) is 15.3. The van der Waals surface area contributed by atoms with Crippen LogP contribution in [-0.2, 0) is 11.2 Å². The zero-order valence-electron chi connectivity index (χ0n) is 10.4. The fourth-order valence-corrected chi connectivity index (χ4v) is 2.31. The van der Waals surface area contributed by atoms with Crippen molar-refractivity contribution in [2.24, 2.45) is 0 Å². The van der Waals surface area contributed by atoms with Crippen molar-refractivity contribution < 1.29 is 4.79 Å². The highest BCUT2D eigenvalue weighted by molar-refractivity contribution is 6.36. The van der Waals surface area contributed by atoms with Crippen LogP contribution in [0.25, 0.3) is 0 Å². The van der Waals surface area contributed by atoms with E-state index in [4.69, 9.17) is 23.2 Å². The molecule has 0 aliphatic rings. The fourth-order valence-electron chi connectivity index (χ4n) is 1.77. The molecule has 0 bridgehead atoms. The largest absolute Gasteiger partial charge is 0.299 e. The van der Waals surface area contributed by atoms with Crippen LogP contribution >= 0.6 is 23.2 Å². The number of rotatable bonds is 8. The third-order valence-corrected chi connectivity index (χ3v) is 3.51. The predicted molar refractivity (Wildman–Crippen MR) is 78.5 cm³/mol. The van der Waals surface area contributed by atoms with Gasteiger partial charge in [0.25, 0.3) is 0 Å². The average Bonchev–Trinajstić information content (AvgIpc) is 2.34. The van der Waals surface area contributed by atoms with Crippen molar-refractivity contribution in [3.05, 3.63) is 46.5 Å². The van der Waals surface area contributed by atoms with Crippen LogP contribution in [-0.4, -0.2) is 5.78 Å². The third-order valence-electron chi connectivity index (χ3n) is 2.80. The Balaban J connectivity index is 2.38. The summed E-state index contributed by atoms with van der Waals surface area (Å²) in [4.78, 5) is 11.8. The van der Waals surface area contributed by atoms with E-state index in [0.717, 1.165) is 31.2 Å². The van der Waals surface area contributed by atoms with Gasteiger partial charge in [-0.05, 0) is 37.0 Å². The quantitative estimate of drug-likeness (QED) is 0.471. The first-order valence-electron chi connectivity index (χ1n) is 6.20. The van der Waals surface area contributed by atoms with Crippen molar-refractivity contribution >= 4 is 29.0 Å². The lowest BCUT2D eigenvalue weighted by molar-refractivity contribution is -0.118. The molecule has 18 heavy (non-hydrogen) atoms. The number of hydrogen-bond acceptors (Lipinski definition) is 1. The molecule has 0 heterocycles. The molecule has 0 amide bonds. The lowest BCUT2D eigenvalue weighted by atomic mass is 10.0. The molecule has 1 rings (SSSR count). The normalized spacial score (nSPS) is 10.3. The number of ketones is 1. The number of carbonyl (C=O) groups is 1. The smallest absolute Gasteiger partial charge is 0.137 e. The van der Waals surface area contributed by atoms with Crippen LogP contribution in [0.15, 0.2) is 30.9 Å². The van der Waals surface area contributed by atoms with Crippen LogP contribution in [0.4, 0.5) is 0 Å². The molecular formula is C15H18Cl2O. The van der Waals surface area contributed by atoms with Crippen molar-refractivity contribution in [1.29, 1.82) is 0 Å². The standard InChI is InChI=1S/C15H18Cl2O/c1-2-3-4-5-6-8-12(18)11-13-14(16)9-7-10-15(13)17/h2,7,9-10H,1,3-6,8,11H2. The molecule has 98 valence electrons. The maximum atomic E-state index is 11.8. The molecule has 0 atom stereocenters. The van der Waals surface area contributed by atoms with Crippen LogP contribution in [0, 0.1) is 0 Å². The Morgan fingerprint density at radius 1 is 1.17 bits per heavy atom. The number of hydrogen-bond donors (Lipinski definition) is 0. The monoisotopic (exact) mass is 284 g/mol. The van der Waals surface area contributed by atoms with Gasteiger partial charge in [-0.3, -0.25) is 4.79 Å². The topological polar surface area (TPSA) is 17.1 Å². The molecule has 0 aromatic heterocycles. The Morgan fingerprint density at radius 2 is 1.83 bits per heavy atom. The van der Waals surface area contributed by atoms with Gasteiger partial charge in [0.15, 0.2) is 0 Å². The second-order valence-electron chi connectivity index (χ2n) is 4.30. The minimum atomic E-state index is 0.198. The minimum Gasteiger partial charge on any atom is -0.299 e. The van der Waals surface area contributed by atoms with Gasteiger partial charge in [0.2, 0.25) is 0 Å². The molecule has 0 aliphatic heterocycles. The van der Waals surface area contributed by atoms with E-state index >= 15 is 0 Å². The molecule has 0 unspecified atom stereocenters. The number of benzene rings is 1. The summed E-state index contributed by atoms with van der Waals surface area (Å²) in [6.07, 6.45) is 6.95. The average molecular weight is 285 g/mol. The van der Waals surface area contributed by atoms with Crippen molar-refractivity contribution in [3.8, 4) is 0 Å². The molecule has 0 radical (unpaired) electrons. The van der Waals surface area contributed by atoms with Crippen LogP contribution in [0.5, 0.6) is 0 Å². The van der Waals surface area contributed by atoms with Gasteiger partial charge in [0, 0.05) is 22.9 Å². The van der Waals surface area contributed by atoms with Gasteiger partial charge < -0.3 is 0 Å². The van der Waals surface area contributed by atoms with E-state index in [1.54, 1.807) is 18.2 Å². The fraction of sp³-hybridized carbons (Fsp3) is 0.400. The number of halogens is 2. The van der Waals surface area contributed by atoms with Gasteiger partial charge in [0.05, 0.1) is 0 Å². The Hall–Kier alpha value is -0.790. The summed E-state index contributed by atoms with van der Waals surface area (Å²) < 4.78 is 0. The highest BCUT2D eigenvalue weighted by Gasteiger charge is 2.10. The molecule has 0 fully saturated rings. The van der Waals surface area contributed by atoms with Gasteiger partial charge in [-0.2, -0.15) is 0 Å². The van der Waals surface area contributed by atoms with Gasteiger partial charge in [-0.15, -0.1) is 6.58 Å². The van der Waals surface area contributed by atoms with E-state index in [1.807, 2.05) is 6.08 Å². The summed E-state index contributed by atoms with van der Waals surface area (Å²) in [7, 11) is 0. The Labute approximate surface area is 119 Å². The molecule has 3 heteroatoms. The molecule has 1 aromatic rings. The lowest BCUT2D eigenvalue weighted by Crippen LogP contribution is -2.03. The second-order valence-corrected chi connectivity index (χ2v) is 5.12. The van der Waals surface area contributed by atoms with Crippen molar-refractivity contribution in [3.63, 3.8) is 0 Å². The molecule has 0 saturated heterocycles. The zero-order chi connectivity index (χ0) is 13.4. The Bertz CT molecular complexity index is 393. The van der Waals surface area contributed by atoms with E-state index in [-0.39, 0.29) is 5.78 Å². The maximum absolute atomic E-state index is 11.8. The summed E-state index contributed by atoms with van der Waals surface area (Å²) >= 11 is 12.1. The molecule has 1 nitrogen and oxygen atoms in total. The van der Waals surface area contributed by atoms with Gasteiger partial charge in [-0.25, -0.2) is 0 Å². The lowest BCUT2D eigenvalue weighted by Gasteiger charge is -2.06. The van der Waals surface area contributed by atoms with E-state index < -0.39 is 0 Å². The number of allylic oxidation sites excluding steroid dienone is 1. The molecule has 0 spiro atoms. The van der Waals surface area contributed by atoms with Crippen molar-refractivity contribution in [2.45, 2.75) is 38.5 Å². The molecule has 0 saturated carbocycles. The van der Waals surface area contributed by atoms with Gasteiger partial charge in [-0.1, -0.05) is 41.8 Å². The van der Waals surface area contributed by atoms with Crippen molar-refractivity contribution in [1.82, 2.24) is 0 Å². The summed E-state index contributed by atoms with van der Waals surface area (Å²) in [5.74, 6) is 0.198. The van der Waals surface area contributed by atoms with Crippen LogP contribution in [0.1, 0.15) is 37.7 Å². The minimum absolute atomic E-state index is 0.198. The Kier molecular flexibility index (Phi) is 7.07. The Morgan fingerprint density at radius 3 is 2.44 bits per heavy atom. The van der Waals surface area contributed by atoms with Gasteiger partial charge >= 0.3 is 0 Å². The summed E-state index contributed by atoms with van der Waals surface area (Å²) in [5, 5.41) is 1.14. The number of unbranched alkanes of at least 4 members (excludes halogenated alkanes) is 3. The molecule has 0 aliphatic carbocycles. The van der Waals surface area contributed by atoms with E-state index in [1.165, 1.54) is 0 Å². The van der Waals surface area contributed by atoms with Gasteiger partial charge in [0.1, 0.15) is 5.78 Å². The maximum Gasteiger partial charge on any atom is 0.137 e. The highest BCUT2D eigenvalue weighted by atomic mass is 35.5. The summed E-state index contributed by atoms with van der Waals surface area (Å²) in [6, 6.07) is 5.31. The summed E-state index contributed by atoms with van der Waals surface area (Å²) in [6.45, 7) is 3.67. The SMILES string of the molecule is C=CCCCCCC(=O)Cc1c(Cl)cccc1Cl. The molecular weight excluding hydrogens is 267 g/mol. The number of carbonyl (C=O) groups excluding carboxylic acids is 1. The van der Waals surface area contributed by atoms with Crippen LogP contribution in [0.3, 0.4) is 0 Å². The highest BCUT2D eigenvalue weighted by Crippen LogP contribution is 2.25. The summed E-state index contributed by atoms with van der Waals surface area (Å²) in [5.41, 5.74) is 0.747. The zero-order valence-corrected chi connectivity index (χ0v) is 11.9. The molecule has 1 aromatic carbocycles. The van der Waals surface area contributed by atoms with Crippen molar-refractivity contribution in [2.75, 3.05) is 0 Å².